The summed E-state index contributed by atoms with van der Waals surface area (Å²) >= 11 is 0. The quantitative estimate of drug-likeness (QED) is 0.518. The first-order chi connectivity index (χ1) is 9.90. The molecule has 2 unspecified atom stereocenters. The van der Waals surface area contributed by atoms with Gasteiger partial charge in [0.15, 0.2) is 0 Å². The van der Waals surface area contributed by atoms with Gasteiger partial charge in [0, 0.05) is 25.7 Å². The minimum atomic E-state index is -1.19. The van der Waals surface area contributed by atoms with E-state index in [9.17, 15) is 14.4 Å². The van der Waals surface area contributed by atoms with Gasteiger partial charge in [-0.25, -0.2) is 9.59 Å². The summed E-state index contributed by atoms with van der Waals surface area (Å²) in [5, 5.41) is 14.1. The summed E-state index contributed by atoms with van der Waals surface area (Å²) in [5.41, 5.74) is 4.98. The van der Waals surface area contributed by atoms with E-state index in [1.165, 1.54) is 0 Å². The summed E-state index contributed by atoms with van der Waals surface area (Å²) in [6, 6.07) is -1.75. The van der Waals surface area contributed by atoms with Gasteiger partial charge >= 0.3 is 12.0 Å². The smallest absolute Gasteiger partial charge is 0.326 e. The van der Waals surface area contributed by atoms with Gasteiger partial charge < -0.3 is 26.2 Å². The third-order valence-corrected chi connectivity index (χ3v) is 3.61. The minimum absolute atomic E-state index is 0.0241. The molecule has 1 heterocycles. The Labute approximate surface area is 123 Å². The highest BCUT2D eigenvalue weighted by Crippen LogP contribution is 2.18. The zero-order valence-corrected chi connectivity index (χ0v) is 12.1. The van der Waals surface area contributed by atoms with Gasteiger partial charge in [0.25, 0.3) is 0 Å². The Bertz CT molecular complexity index is 382. The van der Waals surface area contributed by atoms with Crippen molar-refractivity contribution in [3.8, 4) is 0 Å². The molecule has 1 aliphatic rings. The lowest BCUT2D eigenvalue weighted by Crippen LogP contribution is -2.50. The molecule has 120 valence electrons. The highest BCUT2D eigenvalue weighted by molar-refractivity contribution is 5.83. The molecule has 21 heavy (non-hydrogen) atoms. The first-order valence-corrected chi connectivity index (χ1v) is 7.06. The summed E-state index contributed by atoms with van der Waals surface area (Å²) in [6.45, 7) is 3.23. The number of carboxylic acid groups (broad SMARTS) is 1. The average Bonchev–Trinajstić information content (AvgIpc) is 2.43. The lowest BCUT2D eigenvalue weighted by molar-refractivity contribution is -0.139. The van der Waals surface area contributed by atoms with Crippen LogP contribution in [0.1, 0.15) is 32.6 Å². The molecule has 1 saturated heterocycles. The molecule has 5 N–H and O–H groups in total. The van der Waals surface area contributed by atoms with Crippen molar-refractivity contribution < 1.29 is 24.2 Å². The first kappa shape index (κ1) is 17.2. The first-order valence-electron chi connectivity index (χ1n) is 7.06. The van der Waals surface area contributed by atoms with E-state index in [1.807, 2.05) is 6.92 Å². The Kier molecular flexibility index (Phi) is 6.93. The van der Waals surface area contributed by atoms with Gasteiger partial charge in [-0.2, -0.15) is 0 Å². The number of ether oxygens (including phenoxy) is 1. The molecule has 1 fully saturated rings. The van der Waals surface area contributed by atoms with Gasteiger partial charge in [-0.05, 0) is 32.1 Å². The lowest BCUT2D eigenvalue weighted by atomic mass is 9.93. The summed E-state index contributed by atoms with van der Waals surface area (Å²) < 4.78 is 5.26. The van der Waals surface area contributed by atoms with E-state index in [4.69, 9.17) is 15.6 Å². The Morgan fingerprint density at radius 2 is 1.90 bits per heavy atom. The van der Waals surface area contributed by atoms with E-state index in [0.29, 0.717) is 19.1 Å². The van der Waals surface area contributed by atoms with Crippen LogP contribution in [0.2, 0.25) is 0 Å². The predicted octanol–water partition coefficient (Wildman–Crippen LogP) is -0.181. The fourth-order valence-corrected chi connectivity index (χ4v) is 2.28. The van der Waals surface area contributed by atoms with Gasteiger partial charge in [0.2, 0.25) is 5.91 Å². The third-order valence-electron chi connectivity index (χ3n) is 3.61. The van der Waals surface area contributed by atoms with E-state index in [1.54, 1.807) is 0 Å². The number of carbonyl (C=O) groups excluding carboxylic acids is 2. The maximum Gasteiger partial charge on any atom is 0.326 e. The predicted molar refractivity (Wildman–Crippen MR) is 74.5 cm³/mol. The fourth-order valence-electron chi connectivity index (χ4n) is 2.28. The van der Waals surface area contributed by atoms with Crippen LogP contribution < -0.4 is 16.4 Å². The number of urea groups is 1. The molecule has 0 saturated carbocycles. The standard InChI is InChI=1S/C13H23N3O5/c1-8(9-4-6-21-7-5-9)15-13(20)16-10(12(18)19)2-3-11(14)17/h8-10H,2-7H2,1H3,(H2,14,17)(H,18,19)(H2,15,16,20). The number of carboxylic acids is 1. The Hall–Kier alpha value is -1.83. The molecule has 0 bridgehead atoms. The second kappa shape index (κ2) is 8.46. The topological polar surface area (TPSA) is 131 Å². The van der Waals surface area contributed by atoms with Crippen molar-refractivity contribution in [2.45, 2.75) is 44.7 Å². The lowest BCUT2D eigenvalue weighted by Gasteiger charge is -2.28. The molecule has 0 aromatic rings. The highest BCUT2D eigenvalue weighted by Gasteiger charge is 2.24. The summed E-state index contributed by atoms with van der Waals surface area (Å²) in [4.78, 5) is 33.5. The molecular weight excluding hydrogens is 278 g/mol. The SMILES string of the molecule is CC(NC(=O)NC(CCC(N)=O)C(=O)O)C1CCOCC1. The van der Waals surface area contributed by atoms with Crippen LogP contribution in [0.3, 0.4) is 0 Å². The number of aliphatic carboxylic acids is 1. The van der Waals surface area contributed by atoms with Crippen molar-refractivity contribution in [3.05, 3.63) is 0 Å². The van der Waals surface area contributed by atoms with Crippen LogP contribution in [-0.2, 0) is 14.3 Å². The average molecular weight is 301 g/mol. The summed E-state index contributed by atoms with van der Waals surface area (Å²) in [6.07, 6.45) is 1.62. The van der Waals surface area contributed by atoms with Gasteiger partial charge in [-0.3, -0.25) is 4.79 Å². The van der Waals surface area contributed by atoms with Crippen LogP contribution in [0.5, 0.6) is 0 Å². The number of nitrogens with one attached hydrogen (secondary N) is 2. The molecule has 0 aromatic heterocycles. The molecule has 1 rings (SSSR count). The maximum atomic E-state index is 11.8. The van der Waals surface area contributed by atoms with Crippen LogP contribution in [0.25, 0.3) is 0 Å². The molecule has 0 aromatic carbocycles. The van der Waals surface area contributed by atoms with Gasteiger partial charge in [-0.15, -0.1) is 0 Å². The van der Waals surface area contributed by atoms with Crippen molar-refractivity contribution in [3.63, 3.8) is 0 Å². The van der Waals surface area contributed by atoms with Crippen LogP contribution in [0, 0.1) is 5.92 Å². The van der Waals surface area contributed by atoms with Gasteiger partial charge in [0.05, 0.1) is 0 Å². The van der Waals surface area contributed by atoms with Crippen molar-refractivity contribution in [1.29, 1.82) is 0 Å². The number of carbonyl (C=O) groups is 3. The van der Waals surface area contributed by atoms with Crippen molar-refractivity contribution in [2.75, 3.05) is 13.2 Å². The molecule has 1 aliphatic heterocycles. The number of primary amides is 1. The molecule has 0 radical (unpaired) electrons. The molecular formula is C13H23N3O5. The van der Waals surface area contributed by atoms with Crippen LogP contribution in [-0.4, -0.2) is 48.3 Å². The largest absolute Gasteiger partial charge is 0.480 e. The van der Waals surface area contributed by atoms with E-state index in [2.05, 4.69) is 10.6 Å². The number of hydrogen-bond donors (Lipinski definition) is 4. The highest BCUT2D eigenvalue weighted by atomic mass is 16.5. The normalized spacial score (nSPS) is 18.5. The molecule has 3 amide bonds. The monoisotopic (exact) mass is 301 g/mol. The number of hydrogen-bond acceptors (Lipinski definition) is 4. The molecule has 0 aliphatic carbocycles. The number of rotatable bonds is 7. The zero-order chi connectivity index (χ0) is 15.8. The maximum absolute atomic E-state index is 11.8. The van der Waals surface area contributed by atoms with Crippen molar-refractivity contribution >= 4 is 17.9 Å². The molecule has 8 heteroatoms. The Balaban J connectivity index is 2.41. The molecule has 0 spiro atoms. The number of nitrogens with two attached hydrogens (primary N) is 1. The van der Waals surface area contributed by atoms with E-state index in [-0.39, 0.29) is 18.9 Å². The van der Waals surface area contributed by atoms with Crippen LogP contribution in [0.4, 0.5) is 4.79 Å². The van der Waals surface area contributed by atoms with E-state index < -0.39 is 23.9 Å². The summed E-state index contributed by atoms with van der Waals surface area (Å²) in [7, 11) is 0. The third kappa shape index (κ3) is 6.44. The van der Waals surface area contributed by atoms with E-state index >= 15 is 0 Å². The Morgan fingerprint density at radius 3 is 2.43 bits per heavy atom. The Morgan fingerprint density at radius 1 is 1.29 bits per heavy atom. The van der Waals surface area contributed by atoms with Crippen LogP contribution in [0.15, 0.2) is 0 Å². The second-order valence-corrected chi connectivity index (χ2v) is 5.25. The fraction of sp³-hybridized carbons (Fsp3) is 0.769. The second-order valence-electron chi connectivity index (χ2n) is 5.25. The van der Waals surface area contributed by atoms with Gasteiger partial charge in [-0.1, -0.05) is 0 Å². The van der Waals surface area contributed by atoms with Crippen molar-refractivity contribution in [1.82, 2.24) is 10.6 Å². The van der Waals surface area contributed by atoms with E-state index in [0.717, 1.165) is 12.8 Å². The summed E-state index contributed by atoms with van der Waals surface area (Å²) in [5.74, 6) is -1.47. The van der Waals surface area contributed by atoms with Crippen molar-refractivity contribution in [2.24, 2.45) is 11.7 Å². The van der Waals surface area contributed by atoms with Crippen LogP contribution >= 0.6 is 0 Å². The molecule has 8 nitrogen and oxygen atoms in total. The molecule has 2 atom stereocenters. The number of amides is 3. The minimum Gasteiger partial charge on any atom is -0.480 e. The zero-order valence-electron chi connectivity index (χ0n) is 12.1. The van der Waals surface area contributed by atoms with Gasteiger partial charge in [0.1, 0.15) is 6.04 Å².